The average molecular weight is 261 g/mol. The Hall–Kier alpha value is -1.76. The Morgan fingerprint density at radius 2 is 1.94 bits per heavy atom. The molecule has 1 rings (SSSR count). The van der Waals surface area contributed by atoms with Crippen molar-refractivity contribution in [3.63, 3.8) is 0 Å². The van der Waals surface area contributed by atoms with Gasteiger partial charge in [0, 0.05) is 0 Å². The van der Waals surface area contributed by atoms with Gasteiger partial charge in [-0.25, -0.2) is 4.79 Å². The minimum atomic E-state index is -4.51. The number of rotatable bonds is 3. The van der Waals surface area contributed by atoms with E-state index in [0.717, 1.165) is 12.1 Å². The van der Waals surface area contributed by atoms with Gasteiger partial charge in [-0.05, 0) is 31.0 Å². The number of halogens is 3. The van der Waals surface area contributed by atoms with Crippen LogP contribution in [0, 0.1) is 6.92 Å². The minimum Gasteiger partial charge on any atom is -0.465 e. The molecular weight excluding hydrogens is 249 g/mol. The van der Waals surface area contributed by atoms with E-state index < -0.39 is 23.5 Å². The van der Waals surface area contributed by atoms with E-state index in [1.54, 1.807) is 0 Å². The summed E-state index contributed by atoms with van der Waals surface area (Å²) in [6.45, 7) is 3.45. The number of carbonyl (C=O) groups is 1. The number of hydrogen-bond donors (Lipinski definition) is 3. The molecule has 0 saturated heterocycles. The Morgan fingerprint density at radius 3 is 2.39 bits per heavy atom. The number of nitrogens with two attached hydrogens (primary N) is 1. The lowest BCUT2D eigenvalue weighted by Crippen LogP contribution is -2.52. The summed E-state index contributed by atoms with van der Waals surface area (Å²) >= 11 is 0. The van der Waals surface area contributed by atoms with Crippen LogP contribution in [-0.4, -0.2) is 11.2 Å². The Morgan fingerprint density at radius 1 is 1.39 bits per heavy atom. The second-order valence-corrected chi connectivity index (χ2v) is 3.73. The standard InChI is InChI=1S/C11H12F3N2O2/c1-2-10(15,16-9(17)18)7-4-3-5-8(6-7)11(12,13)14/h3-6,16H,1-2,15H2,(H,17,18). The molecule has 1 aromatic rings. The van der Waals surface area contributed by atoms with Crippen molar-refractivity contribution in [2.45, 2.75) is 18.3 Å². The normalized spacial score (nSPS) is 14.9. The smallest absolute Gasteiger partial charge is 0.416 e. The molecule has 0 spiro atoms. The number of benzene rings is 1. The highest BCUT2D eigenvalue weighted by atomic mass is 19.4. The maximum absolute atomic E-state index is 12.5. The molecule has 1 atom stereocenters. The number of amides is 1. The van der Waals surface area contributed by atoms with E-state index in [9.17, 15) is 18.0 Å². The minimum absolute atomic E-state index is 0.00900. The summed E-state index contributed by atoms with van der Waals surface area (Å²) in [4.78, 5) is 10.6. The van der Waals surface area contributed by atoms with Gasteiger partial charge in [0.25, 0.3) is 0 Å². The van der Waals surface area contributed by atoms with Gasteiger partial charge >= 0.3 is 12.3 Å². The van der Waals surface area contributed by atoms with Crippen molar-refractivity contribution in [2.75, 3.05) is 0 Å². The largest absolute Gasteiger partial charge is 0.465 e. The molecule has 0 bridgehead atoms. The number of alkyl halides is 3. The Balaban J connectivity index is 3.19. The van der Waals surface area contributed by atoms with Gasteiger partial charge in [0.15, 0.2) is 0 Å². The molecule has 18 heavy (non-hydrogen) atoms. The molecule has 0 fully saturated rings. The number of nitrogens with one attached hydrogen (secondary N) is 1. The maximum Gasteiger partial charge on any atom is 0.416 e. The Bertz CT molecular complexity index is 448. The van der Waals surface area contributed by atoms with Crippen LogP contribution in [0.3, 0.4) is 0 Å². The van der Waals surface area contributed by atoms with Crippen molar-refractivity contribution in [1.29, 1.82) is 0 Å². The predicted molar refractivity (Wildman–Crippen MR) is 58.4 cm³/mol. The Labute approximate surface area is 102 Å². The third-order valence-corrected chi connectivity index (χ3v) is 2.43. The van der Waals surface area contributed by atoms with E-state index in [1.165, 1.54) is 12.1 Å². The summed E-state index contributed by atoms with van der Waals surface area (Å²) in [7, 11) is 0. The maximum atomic E-state index is 12.5. The van der Waals surface area contributed by atoms with Crippen LogP contribution in [0.4, 0.5) is 18.0 Å². The van der Waals surface area contributed by atoms with Gasteiger partial charge < -0.3 is 10.8 Å². The van der Waals surface area contributed by atoms with Crippen molar-refractivity contribution in [3.05, 3.63) is 42.3 Å². The van der Waals surface area contributed by atoms with Gasteiger partial charge in [-0.3, -0.25) is 5.32 Å². The lowest BCUT2D eigenvalue weighted by atomic mass is 9.95. The number of hydrogen-bond acceptors (Lipinski definition) is 2. The summed E-state index contributed by atoms with van der Waals surface area (Å²) in [5.41, 5.74) is 3.18. The fraction of sp³-hybridized carbons (Fsp3) is 0.273. The quantitative estimate of drug-likeness (QED) is 0.731. The van der Waals surface area contributed by atoms with Crippen molar-refractivity contribution >= 4 is 6.09 Å². The van der Waals surface area contributed by atoms with Crippen LogP contribution in [0.25, 0.3) is 0 Å². The lowest BCUT2D eigenvalue weighted by molar-refractivity contribution is -0.137. The number of carboxylic acid groups (broad SMARTS) is 1. The molecule has 4 N–H and O–H groups in total. The summed E-state index contributed by atoms with van der Waals surface area (Å²) in [5, 5.41) is 10.6. The molecule has 1 radical (unpaired) electrons. The molecule has 4 nitrogen and oxygen atoms in total. The zero-order valence-electron chi connectivity index (χ0n) is 9.29. The van der Waals surface area contributed by atoms with Gasteiger partial charge in [-0.2, -0.15) is 13.2 Å². The third kappa shape index (κ3) is 3.13. The van der Waals surface area contributed by atoms with Crippen molar-refractivity contribution < 1.29 is 23.1 Å². The second-order valence-electron chi connectivity index (χ2n) is 3.73. The van der Waals surface area contributed by atoms with E-state index >= 15 is 0 Å². The second kappa shape index (κ2) is 4.85. The average Bonchev–Trinajstić information content (AvgIpc) is 2.27. The molecule has 0 aliphatic heterocycles. The van der Waals surface area contributed by atoms with E-state index in [2.05, 4.69) is 6.92 Å². The van der Waals surface area contributed by atoms with E-state index in [4.69, 9.17) is 10.8 Å². The topological polar surface area (TPSA) is 75.3 Å². The molecule has 7 heteroatoms. The van der Waals surface area contributed by atoms with E-state index in [1.807, 2.05) is 5.32 Å². The predicted octanol–water partition coefficient (Wildman–Crippen LogP) is 2.31. The molecule has 0 aliphatic rings. The van der Waals surface area contributed by atoms with E-state index in [0.29, 0.717) is 0 Å². The summed E-state index contributed by atoms with van der Waals surface area (Å²) in [5.74, 6) is 0. The van der Waals surface area contributed by atoms with Crippen molar-refractivity contribution in [2.24, 2.45) is 5.73 Å². The zero-order chi connectivity index (χ0) is 14.0. The first-order chi connectivity index (χ1) is 8.19. The molecule has 0 saturated carbocycles. The van der Waals surface area contributed by atoms with Crippen LogP contribution in [0.1, 0.15) is 17.5 Å². The highest BCUT2D eigenvalue weighted by Gasteiger charge is 2.33. The molecule has 1 amide bonds. The van der Waals surface area contributed by atoms with Crippen molar-refractivity contribution in [3.8, 4) is 0 Å². The van der Waals surface area contributed by atoms with Crippen LogP contribution >= 0.6 is 0 Å². The van der Waals surface area contributed by atoms with Crippen LogP contribution in [0.15, 0.2) is 24.3 Å². The highest BCUT2D eigenvalue weighted by Crippen LogP contribution is 2.31. The SMILES string of the molecule is [CH2]CC(N)(NC(=O)O)c1cccc(C(F)(F)F)c1. The van der Waals surface area contributed by atoms with Gasteiger partial charge in [-0.1, -0.05) is 12.1 Å². The van der Waals surface area contributed by atoms with Gasteiger partial charge in [0.2, 0.25) is 0 Å². The van der Waals surface area contributed by atoms with Crippen LogP contribution in [0.5, 0.6) is 0 Å². The fourth-order valence-electron chi connectivity index (χ4n) is 1.44. The summed E-state index contributed by atoms with van der Waals surface area (Å²) in [6.07, 6.45) is -6.07. The van der Waals surface area contributed by atoms with Crippen LogP contribution < -0.4 is 11.1 Å². The first-order valence-corrected chi connectivity index (χ1v) is 4.96. The molecule has 1 unspecified atom stereocenters. The molecule has 0 heterocycles. The Kier molecular flexibility index (Phi) is 3.85. The first kappa shape index (κ1) is 14.3. The molecule has 0 aliphatic carbocycles. The van der Waals surface area contributed by atoms with Crippen molar-refractivity contribution in [1.82, 2.24) is 5.32 Å². The molecule has 1 aromatic carbocycles. The molecule has 99 valence electrons. The van der Waals surface area contributed by atoms with E-state index in [-0.39, 0.29) is 12.0 Å². The zero-order valence-corrected chi connectivity index (χ0v) is 9.29. The third-order valence-electron chi connectivity index (χ3n) is 2.43. The molecule has 0 aromatic heterocycles. The summed E-state index contributed by atoms with van der Waals surface area (Å²) < 4.78 is 37.6. The van der Waals surface area contributed by atoms with Crippen LogP contribution in [0.2, 0.25) is 0 Å². The van der Waals surface area contributed by atoms with Gasteiger partial charge in [0.1, 0.15) is 5.66 Å². The first-order valence-electron chi connectivity index (χ1n) is 4.96. The monoisotopic (exact) mass is 261 g/mol. The van der Waals surface area contributed by atoms with Gasteiger partial charge in [-0.15, -0.1) is 0 Å². The molecular formula is C11H12F3N2O2. The van der Waals surface area contributed by atoms with Gasteiger partial charge in [0.05, 0.1) is 5.56 Å². The van der Waals surface area contributed by atoms with Crippen LogP contribution in [-0.2, 0) is 11.8 Å². The highest BCUT2D eigenvalue weighted by molar-refractivity contribution is 5.66. The fourth-order valence-corrected chi connectivity index (χ4v) is 1.44. The lowest BCUT2D eigenvalue weighted by Gasteiger charge is -2.29. The summed E-state index contributed by atoms with van der Waals surface area (Å²) in [6, 6.07) is 4.17.